The fourth-order valence-electron chi connectivity index (χ4n) is 3.83. The lowest BCUT2D eigenvalue weighted by molar-refractivity contribution is -0.618. The number of ether oxygens (including phenoxy) is 1. The number of carbonyl (C=O) groups excluding carboxylic acids is 2. The summed E-state index contributed by atoms with van der Waals surface area (Å²) in [4.78, 5) is 24.5. The van der Waals surface area contributed by atoms with Crippen LogP contribution in [-0.2, 0) is 16.1 Å². The third-order valence-electron chi connectivity index (χ3n) is 5.60. The molecule has 0 bridgehead atoms. The number of aromatic nitrogens is 1. The van der Waals surface area contributed by atoms with Gasteiger partial charge in [0.15, 0.2) is 11.4 Å². The summed E-state index contributed by atoms with van der Waals surface area (Å²) in [7, 11) is 0. The average molecular weight is 412 g/mol. The van der Waals surface area contributed by atoms with Crippen molar-refractivity contribution in [2.24, 2.45) is 11.8 Å². The van der Waals surface area contributed by atoms with E-state index in [2.05, 4.69) is 10.6 Å². The Balaban J connectivity index is 1.38. The number of alkyl carbamates (subject to hydrolysis) is 1. The van der Waals surface area contributed by atoms with E-state index in [1.165, 1.54) is 0 Å². The molecule has 0 spiro atoms. The molecular weight excluding hydrogens is 382 g/mol. The molecule has 7 heteroatoms. The fourth-order valence-corrected chi connectivity index (χ4v) is 3.83. The van der Waals surface area contributed by atoms with Gasteiger partial charge in [0.1, 0.15) is 6.61 Å². The Morgan fingerprint density at radius 3 is 2.33 bits per heavy atom. The molecule has 1 aliphatic carbocycles. The third-order valence-corrected chi connectivity index (χ3v) is 5.60. The van der Waals surface area contributed by atoms with E-state index in [1.807, 2.05) is 30.3 Å². The summed E-state index contributed by atoms with van der Waals surface area (Å²) in [5.41, 5.74) is 2.72. The van der Waals surface area contributed by atoms with Gasteiger partial charge in [0.05, 0.1) is 5.69 Å². The lowest BCUT2D eigenvalue weighted by Crippen LogP contribution is -2.35. The summed E-state index contributed by atoms with van der Waals surface area (Å²) < 4.78 is 6.08. The molecule has 0 unspecified atom stereocenters. The topological polar surface area (TPSA) is 94.4 Å². The molecule has 1 aromatic heterocycles. The largest absolute Gasteiger partial charge is 0.618 e. The molecule has 1 heterocycles. The van der Waals surface area contributed by atoms with Crippen LogP contribution in [0.3, 0.4) is 0 Å². The number of anilines is 1. The van der Waals surface area contributed by atoms with Gasteiger partial charge in [-0.05, 0) is 37.2 Å². The van der Waals surface area contributed by atoms with Gasteiger partial charge in [-0.25, -0.2) is 4.79 Å². The van der Waals surface area contributed by atoms with Crippen molar-refractivity contribution in [1.29, 1.82) is 0 Å². The second kappa shape index (κ2) is 10.1. The highest BCUT2D eigenvalue weighted by atomic mass is 16.5. The first-order valence-corrected chi connectivity index (χ1v) is 10.4. The van der Waals surface area contributed by atoms with E-state index in [9.17, 15) is 14.8 Å². The standard InChI is InChI=1S/C23H29N3O4/c1-16-12-21(13-17(2)26(16)29)25-22(27)20-10-8-18(9-11-20)14-24-23(28)30-15-19-6-4-3-5-7-19/h3-7,12-13,18,20H,8-11,14-15H2,1-2H3,(H,24,28)(H,25,27)/t18-,20-. The van der Waals surface area contributed by atoms with Crippen LogP contribution >= 0.6 is 0 Å². The Labute approximate surface area is 177 Å². The Morgan fingerprint density at radius 1 is 1.07 bits per heavy atom. The Kier molecular flexibility index (Phi) is 7.27. The number of hydrogen-bond acceptors (Lipinski definition) is 4. The zero-order valence-electron chi connectivity index (χ0n) is 17.5. The van der Waals surface area contributed by atoms with Gasteiger partial charge in [-0.2, -0.15) is 4.73 Å². The minimum absolute atomic E-state index is 0.00821. The minimum Gasteiger partial charge on any atom is -0.618 e. The second-order valence-corrected chi connectivity index (χ2v) is 7.97. The summed E-state index contributed by atoms with van der Waals surface area (Å²) >= 11 is 0. The number of carbonyl (C=O) groups is 2. The molecule has 2 amide bonds. The molecule has 1 fully saturated rings. The molecule has 1 aliphatic rings. The van der Waals surface area contributed by atoms with Gasteiger partial charge in [-0.15, -0.1) is 0 Å². The average Bonchev–Trinajstić information content (AvgIpc) is 2.75. The van der Waals surface area contributed by atoms with Crippen molar-refractivity contribution in [1.82, 2.24) is 5.32 Å². The van der Waals surface area contributed by atoms with Crippen molar-refractivity contribution >= 4 is 17.7 Å². The molecule has 1 aromatic carbocycles. The second-order valence-electron chi connectivity index (χ2n) is 7.97. The fraction of sp³-hybridized carbons (Fsp3) is 0.435. The maximum Gasteiger partial charge on any atom is 0.407 e. The van der Waals surface area contributed by atoms with E-state index in [1.54, 1.807) is 26.0 Å². The first-order chi connectivity index (χ1) is 14.4. The first kappa shape index (κ1) is 21.6. The van der Waals surface area contributed by atoms with E-state index in [0.717, 1.165) is 36.0 Å². The summed E-state index contributed by atoms with van der Waals surface area (Å²) in [6, 6.07) is 12.9. The Hall–Kier alpha value is -3.09. The zero-order chi connectivity index (χ0) is 21.5. The predicted octanol–water partition coefficient (Wildman–Crippen LogP) is 3.61. The predicted molar refractivity (Wildman–Crippen MR) is 114 cm³/mol. The van der Waals surface area contributed by atoms with Gasteiger partial charge in [0.2, 0.25) is 5.91 Å². The minimum atomic E-state index is -0.413. The lowest BCUT2D eigenvalue weighted by atomic mass is 9.81. The van der Waals surface area contributed by atoms with E-state index in [0.29, 0.717) is 29.5 Å². The molecule has 7 nitrogen and oxygen atoms in total. The van der Waals surface area contributed by atoms with Crippen LogP contribution in [0.2, 0.25) is 0 Å². The zero-order valence-corrected chi connectivity index (χ0v) is 17.5. The highest BCUT2D eigenvalue weighted by molar-refractivity contribution is 5.92. The van der Waals surface area contributed by atoms with Crippen LogP contribution in [0, 0.1) is 30.9 Å². The van der Waals surface area contributed by atoms with Gasteiger partial charge in [0.25, 0.3) is 0 Å². The quantitative estimate of drug-likeness (QED) is 0.561. The van der Waals surface area contributed by atoms with Crippen LogP contribution in [0.5, 0.6) is 0 Å². The monoisotopic (exact) mass is 411 g/mol. The van der Waals surface area contributed by atoms with E-state index < -0.39 is 6.09 Å². The van der Waals surface area contributed by atoms with Gasteiger partial charge < -0.3 is 20.6 Å². The van der Waals surface area contributed by atoms with Crippen LogP contribution in [0.1, 0.15) is 42.6 Å². The number of amides is 2. The van der Waals surface area contributed by atoms with Crippen molar-refractivity contribution in [3.63, 3.8) is 0 Å². The van der Waals surface area contributed by atoms with Gasteiger partial charge in [-0.3, -0.25) is 4.79 Å². The summed E-state index contributed by atoms with van der Waals surface area (Å²) in [5, 5.41) is 17.5. The number of pyridine rings is 1. The lowest BCUT2D eigenvalue weighted by Gasteiger charge is -2.27. The number of aryl methyl sites for hydroxylation is 2. The molecule has 0 atom stereocenters. The molecule has 30 heavy (non-hydrogen) atoms. The van der Waals surface area contributed by atoms with Crippen molar-refractivity contribution in [2.75, 3.05) is 11.9 Å². The van der Waals surface area contributed by atoms with Gasteiger partial charge in [0, 0.05) is 38.4 Å². The molecule has 2 N–H and O–H groups in total. The molecular formula is C23H29N3O4. The summed E-state index contributed by atoms with van der Waals surface area (Å²) in [6.07, 6.45) is 2.91. The summed E-state index contributed by atoms with van der Waals surface area (Å²) in [6.45, 7) is 4.25. The maximum absolute atomic E-state index is 12.6. The van der Waals surface area contributed by atoms with Crippen LogP contribution < -0.4 is 15.4 Å². The third kappa shape index (κ3) is 5.95. The Morgan fingerprint density at radius 2 is 1.70 bits per heavy atom. The molecule has 3 rings (SSSR count). The molecule has 1 saturated carbocycles. The smallest absolute Gasteiger partial charge is 0.407 e. The normalized spacial score (nSPS) is 18.5. The van der Waals surface area contributed by atoms with Gasteiger partial charge >= 0.3 is 6.09 Å². The number of rotatable bonds is 6. The number of hydrogen-bond donors (Lipinski definition) is 2. The van der Waals surface area contributed by atoms with Crippen LogP contribution in [0.25, 0.3) is 0 Å². The SMILES string of the molecule is Cc1cc(NC(=O)[C@H]2CC[C@H](CNC(=O)OCc3ccccc3)CC2)cc(C)[n+]1[O-]. The number of nitrogens with one attached hydrogen (secondary N) is 2. The van der Waals surface area contributed by atoms with Crippen molar-refractivity contribution in [3.8, 4) is 0 Å². The molecule has 160 valence electrons. The van der Waals surface area contributed by atoms with E-state index >= 15 is 0 Å². The number of benzene rings is 1. The molecule has 0 radical (unpaired) electrons. The van der Waals surface area contributed by atoms with Crippen molar-refractivity contribution in [2.45, 2.75) is 46.1 Å². The Bertz CT molecular complexity index is 854. The molecule has 0 saturated heterocycles. The number of nitrogens with zero attached hydrogens (tertiary/aromatic N) is 1. The van der Waals surface area contributed by atoms with E-state index in [-0.39, 0.29) is 18.4 Å². The highest BCUT2D eigenvalue weighted by Crippen LogP contribution is 2.29. The van der Waals surface area contributed by atoms with Crippen molar-refractivity contribution in [3.05, 3.63) is 64.6 Å². The van der Waals surface area contributed by atoms with Crippen LogP contribution in [-0.4, -0.2) is 18.5 Å². The maximum atomic E-state index is 12.6. The summed E-state index contributed by atoms with van der Waals surface area (Å²) in [5.74, 6) is 0.288. The van der Waals surface area contributed by atoms with E-state index in [4.69, 9.17) is 4.74 Å². The highest BCUT2D eigenvalue weighted by Gasteiger charge is 2.27. The van der Waals surface area contributed by atoms with Crippen LogP contribution in [0.15, 0.2) is 42.5 Å². The molecule has 2 aromatic rings. The van der Waals surface area contributed by atoms with Crippen molar-refractivity contribution < 1.29 is 19.1 Å². The van der Waals surface area contributed by atoms with Crippen LogP contribution in [0.4, 0.5) is 10.5 Å². The molecule has 0 aliphatic heterocycles. The first-order valence-electron chi connectivity index (χ1n) is 10.4. The van der Waals surface area contributed by atoms with Gasteiger partial charge in [-0.1, -0.05) is 30.3 Å².